The molecule has 1 fully saturated rings. The number of carbonyl (C=O) groups excluding carboxylic acids is 2. The molecule has 1 aromatic carbocycles. The van der Waals surface area contributed by atoms with Crippen molar-refractivity contribution >= 4 is 17.4 Å². The van der Waals surface area contributed by atoms with Crippen molar-refractivity contribution in [3.05, 3.63) is 52.3 Å². The first-order chi connectivity index (χ1) is 13.8. The lowest BCUT2D eigenvalue weighted by molar-refractivity contribution is -0.914. The normalized spacial score (nSPS) is 16.0. The maximum absolute atomic E-state index is 13.2. The maximum atomic E-state index is 13.2. The van der Waals surface area contributed by atoms with Crippen molar-refractivity contribution < 1.29 is 19.2 Å². The van der Waals surface area contributed by atoms with E-state index in [9.17, 15) is 9.59 Å². The fraction of sp³-hybridized carbons (Fsp3) is 0.478. The summed E-state index contributed by atoms with van der Waals surface area (Å²) in [7, 11) is 0. The summed E-state index contributed by atoms with van der Waals surface area (Å²) >= 11 is 0. The van der Waals surface area contributed by atoms with Crippen molar-refractivity contribution in [2.75, 3.05) is 37.7 Å². The number of benzene rings is 1. The number of H-pyrrole nitrogens is 1. The molecular formula is C23H32N3O3+. The number of piperazine rings is 1. The highest BCUT2D eigenvalue weighted by molar-refractivity contribution is 6.03. The molecule has 1 aliphatic heterocycles. The van der Waals surface area contributed by atoms with Crippen LogP contribution in [0, 0.1) is 20.8 Å². The molecule has 0 amide bonds. The van der Waals surface area contributed by atoms with Gasteiger partial charge in [0.2, 0.25) is 5.78 Å². The fourth-order valence-corrected chi connectivity index (χ4v) is 4.29. The Bertz CT molecular complexity index is 895. The third-order valence-electron chi connectivity index (χ3n) is 6.03. The number of ketones is 1. The highest BCUT2D eigenvalue weighted by atomic mass is 16.5. The Labute approximate surface area is 172 Å². The van der Waals surface area contributed by atoms with Gasteiger partial charge in [0, 0.05) is 11.4 Å². The van der Waals surface area contributed by atoms with Crippen LogP contribution in [-0.4, -0.2) is 55.6 Å². The summed E-state index contributed by atoms with van der Waals surface area (Å²) in [5.74, 6) is -0.315. The van der Waals surface area contributed by atoms with E-state index in [2.05, 4.69) is 41.1 Å². The van der Waals surface area contributed by atoms with Crippen LogP contribution in [0.1, 0.15) is 51.5 Å². The molecule has 3 rings (SSSR count). The van der Waals surface area contributed by atoms with Gasteiger partial charge in [-0.3, -0.25) is 4.79 Å². The van der Waals surface area contributed by atoms with E-state index in [0.29, 0.717) is 29.1 Å². The number of ether oxygens (including phenoxy) is 1. The highest BCUT2D eigenvalue weighted by Gasteiger charge is 2.33. The lowest BCUT2D eigenvalue weighted by Gasteiger charge is -2.36. The molecule has 1 saturated heterocycles. The van der Waals surface area contributed by atoms with Gasteiger partial charge in [-0.2, -0.15) is 0 Å². The summed E-state index contributed by atoms with van der Waals surface area (Å²) in [5.41, 5.74) is 4.96. The lowest BCUT2D eigenvalue weighted by Crippen LogP contribution is -3.18. The second-order valence-corrected chi connectivity index (χ2v) is 7.86. The van der Waals surface area contributed by atoms with E-state index in [-0.39, 0.29) is 17.8 Å². The van der Waals surface area contributed by atoms with Crippen LogP contribution in [0.3, 0.4) is 0 Å². The van der Waals surface area contributed by atoms with Crippen LogP contribution < -0.4 is 9.80 Å². The molecule has 0 unspecified atom stereocenters. The van der Waals surface area contributed by atoms with E-state index in [1.54, 1.807) is 6.92 Å². The van der Waals surface area contributed by atoms with Gasteiger partial charge in [0.15, 0.2) is 6.04 Å². The van der Waals surface area contributed by atoms with Crippen LogP contribution >= 0.6 is 0 Å². The molecule has 1 aromatic heterocycles. The fourth-order valence-electron chi connectivity index (χ4n) is 4.29. The minimum atomic E-state index is -0.371. The van der Waals surface area contributed by atoms with Crippen molar-refractivity contribution in [1.82, 2.24) is 4.98 Å². The standard InChI is InChI=1S/C23H31N3O3/c1-6-29-23(28)20-16(3)21(24-17(20)4)22(27)18(5)25-11-13-26(14-12-25)19-10-8-7-9-15(19)2/h7-10,18,24H,6,11-14H2,1-5H3/p+1/t18-/m1/s1. The first-order valence-corrected chi connectivity index (χ1v) is 10.4. The molecule has 0 spiro atoms. The number of aryl methyl sites for hydroxylation is 2. The quantitative estimate of drug-likeness (QED) is 0.578. The average Bonchev–Trinajstić information content (AvgIpc) is 3.01. The number of hydrogen-bond donors (Lipinski definition) is 2. The molecule has 29 heavy (non-hydrogen) atoms. The van der Waals surface area contributed by atoms with E-state index < -0.39 is 0 Å². The van der Waals surface area contributed by atoms with Gasteiger partial charge in [0.1, 0.15) is 0 Å². The summed E-state index contributed by atoms with van der Waals surface area (Å²) in [6, 6.07) is 8.27. The average molecular weight is 399 g/mol. The number of para-hydroxylation sites is 1. The lowest BCUT2D eigenvalue weighted by atomic mass is 10.0. The van der Waals surface area contributed by atoms with Gasteiger partial charge >= 0.3 is 5.97 Å². The Morgan fingerprint density at radius 1 is 1.17 bits per heavy atom. The molecular weight excluding hydrogens is 366 g/mol. The van der Waals surface area contributed by atoms with E-state index in [4.69, 9.17) is 4.74 Å². The molecule has 6 nitrogen and oxygen atoms in total. The van der Waals surface area contributed by atoms with Crippen molar-refractivity contribution in [2.45, 2.75) is 40.7 Å². The molecule has 1 aliphatic rings. The highest BCUT2D eigenvalue weighted by Crippen LogP contribution is 2.21. The molecule has 1 atom stereocenters. The molecule has 0 bridgehead atoms. The van der Waals surface area contributed by atoms with Crippen LogP contribution in [-0.2, 0) is 4.74 Å². The summed E-state index contributed by atoms with van der Waals surface area (Å²) in [4.78, 5) is 32.2. The van der Waals surface area contributed by atoms with Gasteiger partial charge in [-0.25, -0.2) is 4.79 Å². The third-order valence-corrected chi connectivity index (χ3v) is 6.03. The molecule has 156 valence electrons. The van der Waals surface area contributed by atoms with E-state index >= 15 is 0 Å². The van der Waals surface area contributed by atoms with Crippen molar-refractivity contribution in [2.24, 2.45) is 0 Å². The number of rotatable bonds is 6. The number of carbonyl (C=O) groups is 2. The molecule has 2 N–H and O–H groups in total. The summed E-state index contributed by atoms with van der Waals surface area (Å²) in [5, 5.41) is 0. The monoisotopic (exact) mass is 398 g/mol. The van der Waals surface area contributed by atoms with Crippen molar-refractivity contribution in [1.29, 1.82) is 0 Å². The van der Waals surface area contributed by atoms with Crippen LogP contribution in [0.2, 0.25) is 0 Å². The van der Waals surface area contributed by atoms with Crippen LogP contribution in [0.4, 0.5) is 5.69 Å². The van der Waals surface area contributed by atoms with Crippen molar-refractivity contribution in [3.8, 4) is 0 Å². The van der Waals surface area contributed by atoms with Crippen LogP contribution in [0.5, 0.6) is 0 Å². The zero-order chi connectivity index (χ0) is 21.1. The second kappa shape index (κ2) is 8.82. The summed E-state index contributed by atoms with van der Waals surface area (Å²) in [6.07, 6.45) is 0. The SMILES string of the molecule is CCOC(=O)c1c(C)[nH]c(C(=O)[C@@H](C)[NH+]2CCN(c3ccccc3C)CC2)c1C. The molecule has 0 aliphatic carbocycles. The van der Waals surface area contributed by atoms with Gasteiger partial charge < -0.3 is 19.5 Å². The topological polar surface area (TPSA) is 66.8 Å². The third kappa shape index (κ3) is 4.22. The Kier molecular flexibility index (Phi) is 6.42. The zero-order valence-corrected chi connectivity index (χ0v) is 18.1. The predicted molar refractivity (Wildman–Crippen MR) is 114 cm³/mol. The molecule has 0 radical (unpaired) electrons. The van der Waals surface area contributed by atoms with Crippen LogP contribution in [0.25, 0.3) is 0 Å². The van der Waals surface area contributed by atoms with Gasteiger partial charge in [0.25, 0.3) is 0 Å². The first-order valence-electron chi connectivity index (χ1n) is 10.4. The number of hydrogen-bond acceptors (Lipinski definition) is 4. The summed E-state index contributed by atoms with van der Waals surface area (Å²) in [6.45, 7) is 13.5. The van der Waals surface area contributed by atoms with Gasteiger partial charge in [-0.15, -0.1) is 0 Å². The maximum Gasteiger partial charge on any atom is 0.340 e. The number of quaternary nitrogens is 1. The Morgan fingerprint density at radius 3 is 2.45 bits per heavy atom. The minimum Gasteiger partial charge on any atom is -0.462 e. The number of anilines is 1. The van der Waals surface area contributed by atoms with Gasteiger partial charge in [-0.05, 0) is 51.8 Å². The summed E-state index contributed by atoms with van der Waals surface area (Å²) < 4.78 is 5.14. The molecule has 2 aromatic rings. The zero-order valence-electron chi connectivity index (χ0n) is 18.1. The number of esters is 1. The van der Waals surface area contributed by atoms with Crippen molar-refractivity contribution in [3.63, 3.8) is 0 Å². The smallest absolute Gasteiger partial charge is 0.340 e. The van der Waals surface area contributed by atoms with Crippen LogP contribution in [0.15, 0.2) is 24.3 Å². The van der Waals surface area contributed by atoms with E-state index in [0.717, 1.165) is 26.2 Å². The van der Waals surface area contributed by atoms with Gasteiger partial charge in [-0.1, -0.05) is 18.2 Å². The van der Waals surface area contributed by atoms with E-state index in [1.165, 1.54) is 16.2 Å². The molecule has 0 saturated carbocycles. The van der Waals surface area contributed by atoms with E-state index in [1.807, 2.05) is 20.8 Å². The Morgan fingerprint density at radius 2 is 1.83 bits per heavy atom. The Hall–Kier alpha value is -2.60. The predicted octanol–water partition coefficient (Wildman–Crippen LogP) is 2.09. The largest absolute Gasteiger partial charge is 0.462 e. The first kappa shape index (κ1) is 21.1. The number of Topliss-reactive ketones (excluding diaryl/α,β-unsaturated/α-hetero) is 1. The Balaban J connectivity index is 1.70. The number of aromatic nitrogens is 1. The molecule has 2 heterocycles. The molecule has 6 heteroatoms. The number of nitrogens with one attached hydrogen (secondary N) is 2. The minimum absolute atomic E-state index is 0.0560. The second-order valence-electron chi connectivity index (χ2n) is 7.86. The number of nitrogens with zero attached hydrogens (tertiary/aromatic N) is 1. The number of aromatic amines is 1. The van der Waals surface area contributed by atoms with Gasteiger partial charge in [0.05, 0.1) is 44.0 Å².